The number of nitrogens with one attached hydrogen (secondary N) is 2. The van der Waals surface area contributed by atoms with E-state index < -0.39 is 32.2 Å². The van der Waals surface area contributed by atoms with Crippen molar-refractivity contribution in [3.05, 3.63) is 114 Å². The summed E-state index contributed by atoms with van der Waals surface area (Å²) in [5.41, 5.74) is 2.92. The number of aliphatic hydroxyl groups excluding tert-OH is 1. The average molecular weight is 1060 g/mol. The lowest BCUT2D eigenvalue weighted by Crippen LogP contribution is -2.65. The number of carbonyl (C=O) groups excluding carboxylic acids is 4. The highest BCUT2D eigenvalue weighted by Crippen LogP contribution is 2.67. The molecule has 4 bridgehead atoms. The number of benzene rings is 2. The number of ketones is 2. The van der Waals surface area contributed by atoms with Gasteiger partial charge in [-0.1, -0.05) is 122 Å². The molecule has 3 N–H and O–H groups in total. The lowest BCUT2D eigenvalue weighted by atomic mass is 9.43. The zero-order valence-corrected chi connectivity index (χ0v) is 47.8. The first-order valence-electron chi connectivity index (χ1n) is 28.8. The molecule has 6 aliphatic carbocycles. The number of hydrogen-bond donors (Lipinski definition) is 3. The van der Waals surface area contributed by atoms with Gasteiger partial charge < -0.3 is 34.4 Å². The van der Waals surface area contributed by atoms with Crippen molar-refractivity contribution in [3.63, 3.8) is 0 Å². The van der Waals surface area contributed by atoms with E-state index in [1.807, 2.05) is 66.7 Å². The number of Topliss-reactive ketones (excluding diaryl/α,β-unsaturated/α-hetero) is 2. The monoisotopic (exact) mass is 1060 g/mol. The number of rotatable bonds is 20. The van der Waals surface area contributed by atoms with Gasteiger partial charge in [-0.2, -0.15) is 0 Å². The fourth-order valence-corrected chi connectivity index (χ4v) is 14.3. The summed E-state index contributed by atoms with van der Waals surface area (Å²) in [5, 5.41) is 17.0. The molecule has 2 aromatic carbocycles. The van der Waals surface area contributed by atoms with Gasteiger partial charge in [0.15, 0.2) is 11.6 Å². The van der Waals surface area contributed by atoms with Crippen LogP contribution in [-0.4, -0.2) is 99.1 Å². The molecule has 416 valence electrons. The smallest absolute Gasteiger partial charge is 0.404 e. The highest BCUT2D eigenvalue weighted by atomic mass is 16.7. The fraction of sp³-hybridized carbons (Fsp3) is 0.597. The van der Waals surface area contributed by atoms with Gasteiger partial charge in [-0.3, -0.25) is 24.2 Å². The SMILES string of the molecule is CC(C)CC(NC(=O)C(CC(=O)c1cccc(-c2ccccc2)n1)[C@@H](C)O)B1OC2C[C@@H]3C[C@@H](C3(C)C)[C@]2(C)O1.CC(C)CC(NC(=O)C(CC(=O)c1cnccn1)Cc1ccccc1)B1OC2C[C@@H]3C[C@@H](C3(C)C)[C@]2(C)O1. The van der Waals surface area contributed by atoms with Gasteiger partial charge in [0.25, 0.3) is 0 Å². The van der Waals surface area contributed by atoms with Gasteiger partial charge in [0.2, 0.25) is 11.8 Å². The van der Waals surface area contributed by atoms with Gasteiger partial charge in [0.1, 0.15) is 11.4 Å². The third-order valence-corrected chi connectivity index (χ3v) is 19.1. The molecule has 0 spiro atoms. The third-order valence-electron chi connectivity index (χ3n) is 19.1. The average Bonchev–Trinajstić information content (AvgIpc) is 3.60. The largest absolute Gasteiger partial charge is 0.481 e. The van der Waals surface area contributed by atoms with Crippen molar-refractivity contribution in [2.45, 2.75) is 175 Å². The van der Waals surface area contributed by atoms with Gasteiger partial charge in [-0.15, -0.1) is 0 Å². The Morgan fingerprint density at radius 3 is 1.67 bits per heavy atom. The number of aliphatic hydroxyl groups is 1. The van der Waals surface area contributed by atoms with Crippen molar-refractivity contribution < 1.29 is 42.9 Å². The van der Waals surface area contributed by atoms with Gasteiger partial charge >= 0.3 is 14.2 Å². The Kier molecular flexibility index (Phi) is 17.1. The topological polar surface area (TPSA) is 188 Å². The molecule has 2 amide bonds. The standard InChI is InChI=1S/C32H43BN2O5.C30H40BN3O4/c1-19(2)15-29(33-39-28-17-22-16-27(31(22,4)5)32(28,6)40-33)35-30(38)23(20(3)36)18-26(37)25-14-10-13-24(34-25)21-11-8-7-9-12-21;1-19(2)13-27(31-37-26-17-22-16-25(29(22,3)4)30(26,5)38-31)34-28(36)21(14-20-9-7-6-8-10-20)15-24(35)23-18-32-11-12-33-23/h7-14,19-20,22-23,27-29,36H,15-18H2,1-6H3,(H,35,38);6-12,18-19,21-22,25-27H,13-17H2,1-5H3,(H,34,36)/t20-,22+,23?,27+,28?,29?,32+;21?,22-,25-,26?,27?,30-/m10/s1. The first-order valence-corrected chi connectivity index (χ1v) is 28.8. The van der Waals surface area contributed by atoms with Crippen molar-refractivity contribution in [1.82, 2.24) is 25.6 Å². The summed E-state index contributed by atoms with van der Waals surface area (Å²) in [5.74, 6) is -0.360. The zero-order valence-electron chi connectivity index (χ0n) is 47.8. The van der Waals surface area contributed by atoms with Crippen LogP contribution in [0, 0.1) is 58.2 Å². The Hall–Kier alpha value is -5.12. The Balaban J connectivity index is 0.000000190. The van der Waals surface area contributed by atoms with E-state index in [1.54, 1.807) is 19.1 Å². The van der Waals surface area contributed by atoms with Crippen LogP contribution in [0.15, 0.2) is 97.5 Å². The molecule has 8 aliphatic rings. The molecule has 2 aliphatic heterocycles. The summed E-state index contributed by atoms with van der Waals surface area (Å²) in [6, 6.07) is 24.8. The van der Waals surface area contributed by atoms with Crippen LogP contribution in [0.2, 0.25) is 0 Å². The predicted molar refractivity (Wildman–Crippen MR) is 301 cm³/mol. The van der Waals surface area contributed by atoms with E-state index in [-0.39, 0.29) is 99.7 Å². The number of hydrogen-bond acceptors (Lipinski definition) is 12. The molecular formula is C62H83B2N5O9. The van der Waals surface area contributed by atoms with Crippen LogP contribution in [0.4, 0.5) is 0 Å². The molecule has 4 aromatic rings. The molecule has 8 fully saturated rings. The summed E-state index contributed by atoms with van der Waals surface area (Å²) in [7, 11) is -1.06. The van der Waals surface area contributed by atoms with Crippen LogP contribution < -0.4 is 10.6 Å². The van der Waals surface area contributed by atoms with Gasteiger partial charge in [0.05, 0.1) is 59.2 Å². The fourth-order valence-electron chi connectivity index (χ4n) is 14.3. The number of aromatic nitrogens is 3. The molecule has 2 saturated heterocycles. The maximum atomic E-state index is 13.8. The molecule has 14 nitrogen and oxygen atoms in total. The number of nitrogens with zero attached hydrogens (tertiary/aromatic N) is 3. The van der Waals surface area contributed by atoms with Crippen molar-refractivity contribution >= 4 is 37.6 Å². The lowest BCUT2D eigenvalue weighted by Gasteiger charge is -2.64. The molecule has 78 heavy (non-hydrogen) atoms. The van der Waals surface area contributed by atoms with Gasteiger partial charge in [0, 0.05) is 36.7 Å². The predicted octanol–water partition coefficient (Wildman–Crippen LogP) is 9.82. The Bertz CT molecular complexity index is 2750. The molecule has 13 atom stereocenters. The minimum Gasteiger partial charge on any atom is -0.404 e. The maximum Gasteiger partial charge on any atom is 0.481 e. The molecular weight excluding hydrogens is 980 g/mol. The number of amides is 2. The quantitative estimate of drug-likeness (QED) is 0.0563. The molecule has 2 aromatic heterocycles. The molecule has 12 rings (SSSR count). The highest BCUT2D eigenvalue weighted by molar-refractivity contribution is 6.48. The second kappa shape index (κ2) is 23.2. The Labute approximate surface area is 463 Å². The maximum absolute atomic E-state index is 13.8. The van der Waals surface area contributed by atoms with Crippen LogP contribution in [0.25, 0.3) is 11.3 Å². The summed E-state index contributed by atoms with van der Waals surface area (Å²) >= 11 is 0. The van der Waals surface area contributed by atoms with Crippen LogP contribution in [0.5, 0.6) is 0 Å². The van der Waals surface area contributed by atoms with Crippen molar-refractivity contribution in [1.29, 1.82) is 0 Å². The number of carbonyl (C=O) groups is 4. The lowest BCUT2D eigenvalue weighted by molar-refractivity contribution is -0.199. The first-order chi connectivity index (χ1) is 37.0. The second-order valence-electron chi connectivity index (χ2n) is 26.0. The summed E-state index contributed by atoms with van der Waals surface area (Å²) in [6.45, 7) is 23.7. The first kappa shape index (κ1) is 57.6. The van der Waals surface area contributed by atoms with E-state index in [2.05, 4.69) is 94.8 Å². The third kappa shape index (κ3) is 11.9. The Morgan fingerprint density at radius 1 is 0.641 bits per heavy atom. The summed E-state index contributed by atoms with van der Waals surface area (Å²) < 4.78 is 26.4. The minimum absolute atomic E-state index is 0.0120. The highest BCUT2D eigenvalue weighted by Gasteiger charge is 2.70. The van der Waals surface area contributed by atoms with E-state index >= 15 is 0 Å². The van der Waals surface area contributed by atoms with E-state index in [9.17, 15) is 24.3 Å². The Morgan fingerprint density at radius 2 is 1.17 bits per heavy atom. The van der Waals surface area contributed by atoms with Crippen LogP contribution in [0.3, 0.4) is 0 Å². The van der Waals surface area contributed by atoms with Crippen LogP contribution in [0.1, 0.15) is 154 Å². The van der Waals surface area contributed by atoms with Crippen molar-refractivity contribution in [2.24, 2.45) is 58.2 Å². The van der Waals surface area contributed by atoms with E-state index in [0.717, 1.165) is 36.8 Å². The molecule has 6 saturated carbocycles. The second-order valence-corrected chi connectivity index (χ2v) is 26.0. The summed E-state index contributed by atoms with van der Waals surface area (Å²) in [6.07, 6.45) is 9.60. The minimum atomic E-state index is -1.01. The number of pyridine rings is 1. The normalized spacial score (nSPS) is 28.8. The van der Waals surface area contributed by atoms with E-state index in [4.69, 9.17) is 18.6 Å². The molecule has 16 heteroatoms. The molecule has 4 heterocycles. The van der Waals surface area contributed by atoms with Gasteiger partial charge in [-0.25, -0.2) is 9.97 Å². The summed E-state index contributed by atoms with van der Waals surface area (Å²) in [4.78, 5) is 66.5. The van der Waals surface area contributed by atoms with Crippen LogP contribution in [-0.2, 0) is 34.6 Å². The van der Waals surface area contributed by atoms with Crippen molar-refractivity contribution in [2.75, 3.05) is 0 Å². The van der Waals surface area contributed by atoms with E-state index in [1.165, 1.54) is 25.0 Å². The van der Waals surface area contributed by atoms with Crippen LogP contribution >= 0.6 is 0 Å². The zero-order chi connectivity index (χ0) is 55.9. The molecule has 0 radical (unpaired) electrons. The van der Waals surface area contributed by atoms with E-state index in [0.29, 0.717) is 48.1 Å². The van der Waals surface area contributed by atoms with Gasteiger partial charge in [-0.05, 0) is 130 Å². The molecule has 6 unspecified atom stereocenters. The van der Waals surface area contributed by atoms with Crippen molar-refractivity contribution in [3.8, 4) is 11.3 Å².